The molecule has 1 heterocycles. The molecule has 1 aromatic carbocycles. The Morgan fingerprint density at radius 2 is 2.29 bits per heavy atom. The summed E-state index contributed by atoms with van der Waals surface area (Å²) in [6.45, 7) is 7.39. The zero-order valence-electron chi connectivity index (χ0n) is 10.6. The van der Waals surface area contributed by atoms with Crippen molar-refractivity contribution >= 4 is 0 Å². The largest absolute Gasteiger partial charge is 0.315 e. The summed E-state index contributed by atoms with van der Waals surface area (Å²) in [6.07, 6.45) is 1.19. The molecule has 3 heteroatoms. The molecule has 0 radical (unpaired) electrons. The highest BCUT2D eigenvalue weighted by atomic mass is 19.1. The molecule has 1 unspecified atom stereocenters. The van der Waals surface area contributed by atoms with E-state index in [1.807, 2.05) is 6.07 Å². The standard InChI is InChI=1S/C14H21FN2/c1-11(2)17(14-6-7-16-9-14)10-12-4-3-5-13(15)8-12/h3-5,8,11,14,16H,6-7,9-10H2,1-2H3. The maximum Gasteiger partial charge on any atom is 0.123 e. The smallest absolute Gasteiger partial charge is 0.123 e. The summed E-state index contributed by atoms with van der Waals surface area (Å²) in [4.78, 5) is 2.45. The molecule has 0 aromatic heterocycles. The Morgan fingerprint density at radius 1 is 1.47 bits per heavy atom. The van der Waals surface area contributed by atoms with E-state index in [-0.39, 0.29) is 5.82 Å². The van der Waals surface area contributed by atoms with Crippen molar-refractivity contribution in [2.75, 3.05) is 13.1 Å². The fourth-order valence-electron chi connectivity index (χ4n) is 2.50. The van der Waals surface area contributed by atoms with Crippen LogP contribution in [0.4, 0.5) is 4.39 Å². The van der Waals surface area contributed by atoms with Gasteiger partial charge in [0.05, 0.1) is 0 Å². The zero-order chi connectivity index (χ0) is 12.3. The molecule has 2 nitrogen and oxygen atoms in total. The molecular formula is C14H21FN2. The molecule has 94 valence electrons. The zero-order valence-corrected chi connectivity index (χ0v) is 10.6. The average Bonchev–Trinajstić information content (AvgIpc) is 2.78. The molecule has 2 rings (SSSR count). The maximum absolute atomic E-state index is 13.2. The van der Waals surface area contributed by atoms with Crippen LogP contribution in [0.3, 0.4) is 0 Å². The summed E-state index contributed by atoms with van der Waals surface area (Å²) < 4.78 is 13.2. The van der Waals surface area contributed by atoms with Crippen LogP contribution in [0, 0.1) is 5.82 Å². The quantitative estimate of drug-likeness (QED) is 0.863. The summed E-state index contributed by atoms with van der Waals surface area (Å²) in [5.74, 6) is -0.143. The second-order valence-corrected chi connectivity index (χ2v) is 5.04. The third-order valence-electron chi connectivity index (χ3n) is 3.42. The average molecular weight is 236 g/mol. The minimum Gasteiger partial charge on any atom is -0.315 e. The molecule has 1 aliphatic rings. The molecule has 0 bridgehead atoms. The van der Waals surface area contributed by atoms with Gasteiger partial charge in [-0.1, -0.05) is 12.1 Å². The van der Waals surface area contributed by atoms with E-state index in [9.17, 15) is 4.39 Å². The molecule has 0 aliphatic carbocycles. The van der Waals surface area contributed by atoms with Crippen LogP contribution in [0.1, 0.15) is 25.8 Å². The maximum atomic E-state index is 13.2. The van der Waals surface area contributed by atoms with E-state index in [0.29, 0.717) is 12.1 Å². The molecule has 1 atom stereocenters. The minimum absolute atomic E-state index is 0.143. The summed E-state index contributed by atoms with van der Waals surface area (Å²) in [5.41, 5.74) is 1.06. The Bertz CT molecular complexity index is 359. The number of benzene rings is 1. The van der Waals surface area contributed by atoms with Crippen LogP contribution in [0.2, 0.25) is 0 Å². The van der Waals surface area contributed by atoms with E-state index in [1.165, 1.54) is 12.5 Å². The van der Waals surface area contributed by atoms with Gasteiger partial charge in [0.25, 0.3) is 0 Å². The first-order chi connectivity index (χ1) is 8.16. The second-order valence-electron chi connectivity index (χ2n) is 5.04. The number of nitrogens with zero attached hydrogens (tertiary/aromatic N) is 1. The number of halogens is 1. The summed E-state index contributed by atoms with van der Waals surface area (Å²) in [5, 5.41) is 3.39. The third kappa shape index (κ3) is 3.27. The monoisotopic (exact) mass is 236 g/mol. The van der Waals surface area contributed by atoms with E-state index in [2.05, 4.69) is 24.1 Å². The number of nitrogens with one attached hydrogen (secondary N) is 1. The van der Waals surface area contributed by atoms with Crippen LogP contribution in [-0.4, -0.2) is 30.1 Å². The van der Waals surface area contributed by atoms with E-state index in [1.54, 1.807) is 12.1 Å². The van der Waals surface area contributed by atoms with Gasteiger partial charge in [-0.25, -0.2) is 4.39 Å². The van der Waals surface area contributed by atoms with Crippen molar-refractivity contribution in [3.8, 4) is 0 Å². The van der Waals surface area contributed by atoms with Crippen LogP contribution < -0.4 is 5.32 Å². The molecule has 1 aromatic rings. The summed E-state index contributed by atoms with van der Waals surface area (Å²) >= 11 is 0. The SMILES string of the molecule is CC(C)N(Cc1cccc(F)c1)C1CCNC1. The fraction of sp³-hybridized carbons (Fsp3) is 0.571. The van der Waals surface area contributed by atoms with Crippen molar-refractivity contribution in [2.24, 2.45) is 0 Å². The highest BCUT2D eigenvalue weighted by molar-refractivity contribution is 5.16. The Kier molecular flexibility index (Phi) is 4.13. The van der Waals surface area contributed by atoms with Gasteiger partial charge in [-0.05, 0) is 44.5 Å². The van der Waals surface area contributed by atoms with E-state index in [4.69, 9.17) is 0 Å². The van der Waals surface area contributed by atoms with Gasteiger partial charge in [-0.3, -0.25) is 4.90 Å². The van der Waals surface area contributed by atoms with Gasteiger partial charge in [0.15, 0.2) is 0 Å². The second kappa shape index (κ2) is 5.61. The predicted octanol–water partition coefficient (Wildman–Crippen LogP) is 2.40. The molecular weight excluding hydrogens is 215 g/mol. The lowest BCUT2D eigenvalue weighted by Gasteiger charge is -2.32. The molecule has 17 heavy (non-hydrogen) atoms. The minimum atomic E-state index is -0.143. The van der Waals surface area contributed by atoms with Crippen LogP contribution in [0.25, 0.3) is 0 Å². The molecule has 1 saturated heterocycles. The first kappa shape index (κ1) is 12.5. The van der Waals surface area contributed by atoms with Gasteiger partial charge >= 0.3 is 0 Å². The molecule has 1 aliphatic heterocycles. The molecule has 1 N–H and O–H groups in total. The lowest BCUT2D eigenvalue weighted by molar-refractivity contribution is 0.154. The van der Waals surface area contributed by atoms with Crippen molar-refractivity contribution in [3.63, 3.8) is 0 Å². The van der Waals surface area contributed by atoms with Gasteiger partial charge in [0.1, 0.15) is 5.82 Å². The third-order valence-corrected chi connectivity index (χ3v) is 3.42. The van der Waals surface area contributed by atoms with Crippen molar-refractivity contribution in [1.82, 2.24) is 10.2 Å². The molecule has 0 spiro atoms. The predicted molar refractivity (Wildman–Crippen MR) is 68.4 cm³/mol. The van der Waals surface area contributed by atoms with Gasteiger partial charge in [0, 0.05) is 25.2 Å². The van der Waals surface area contributed by atoms with Crippen molar-refractivity contribution in [2.45, 2.75) is 38.9 Å². The van der Waals surface area contributed by atoms with Crippen LogP contribution in [0.15, 0.2) is 24.3 Å². The molecule has 0 saturated carbocycles. The Labute approximate surface area is 103 Å². The van der Waals surface area contributed by atoms with E-state index in [0.717, 1.165) is 25.2 Å². The first-order valence-corrected chi connectivity index (χ1v) is 6.37. The summed E-state index contributed by atoms with van der Waals surface area (Å²) in [7, 11) is 0. The fourth-order valence-corrected chi connectivity index (χ4v) is 2.50. The van der Waals surface area contributed by atoms with Gasteiger partial charge in [-0.2, -0.15) is 0 Å². The molecule has 1 fully saturated rings. The Balaban J connectivity index is 2.07. The van der Waals surface area contributed by atoms with Crippen LogP contribution in [0.5, 0.6) is 0 Å². The van der Waals surface area contributed by atoms with Crippen molar-refractivity contribution < 1.29 is 4.39 Å². The van der Waals surface area contributed by atoms with E-state index >= 15 is 0 Å². The molecule has 0 amide bonds. The number of hydrogen-bond acceptors (Lipinski definition) is 2. The van der Waals surface area contributed by atoms with E-state index < -0.39 is 0 Å². The highest BCUT2D eigenvalue weighted by Crippen LogP contribution is 2.17. The Hall–Kier alpha value is -0.930. The topological polar surface area (TPSA) is 15.3 Å². The summed E-state index contributed by atoms with van der Waals surface area (Å²) in [6, 6.07) is 8.00. The Morgan fingerprint density at radius 3 is 2.88 bits per heavy atom. The normalized spacial score (nSPS) is 20.4. The first-order valence-electron chi connectivity index (χ1n) is 6.37. The van der Waals surface area contributed by atoms with Crippen LogP contribution >= 0.6 is 0 Å². The highest BCUT2D eigenvalue weighted by Gasteiger charge is 2.24. The number of hydrogen-bond donors (Lipinski definition) is 1. The lowest BCUT2D eigenvalue weighted by Crippen LogP contribution is -2.41. The lowest BCUT2D eigenvalue weighted by atomic mass is 10.1. The van der Waals surface area contributed by atoms with Crippen LogP contribution in [-0.2, 0) is 6.54 Å². The van der Waals surface area contributed by atoms with Crippen molar-refractivity contribution in [1.29, 1.82) is 0 Å². The van der Waals surface area contributed by atoms with Gasteiger partial charge in [-0.15, -0.1) is 0 Å². The number of rotatable bonds is 4. The van der Waals surface area contributed by atoms with Gasteiger partial charge < -0.3 is 5.32 Å². The van der Waals surface area contributed by atoms with Gasteiger partial charge in [0.2, 0.25) is 0 Å². The van der Waals surface area contributed by atoms with Crippen molar-refractivity contribution in [3.05, 3.63) is 35.6 Å².